The molecule has 0 saturated heterocycles. The van der Waals surface area contributed by atoms with Crippen LogP contribution in [-0.2, 0) is 9.63 Å². The van der Waals surface area contributed by atoms with Crippen molar-refractivity contribution in [2.45, 2.75) is 0 Å². The third-order valence-corrected chi connectivity index (χ3v) is 2.24. The summed E-state index contributed by atoms with van der Waals surface area (Å²) in [6.45, 7) is -0.501. The molecule has 0 aliphatic heterocycles. The van der Waals surface area contributed by atoms with E-state index in [0.717, 1.165) is 12.1 Å². The molecule has 0 spiro atoms. The van der Waals surface area contributed by atoms with Crippen LogP contribution in [0.25, 0.3) is 0 Å². The Labute approximate surface area is 106 Å². The van der Waals surface area contributed by atoms with Gasteiger partial charge in [-0.25, -0.2) is 9.87 Å². The number of carbonyl (C=O) groups is 2. The number of rotatable bonds is 4. The molecular weight excluding hydrogens is 274 g/mol. The van der Waals surface area contributed by atoms with Crippen LogP contribution in [0.5, 0.6) is 0 Å². The largest absolute Gasteiger partial charge is 0.368 e. The van der Waals surface area contributed by atoms with Crippen LogP contribution >= 0.6 is 23.2 Å². The summed E-state index contributed by atoms with van der Waals surface area (Å²) < 4.78 is 13.1. The normalized spacial score (nSPS) is 10.1. The van der Waals surface area contributed by atoms with Gasteiger partial charge in [0, 0.05) is 0 Å². The van der Waals surface area contributed by atoms with Crippen molar-refractivity contribution in [3.05, 3.63) is 33.6 Å². The molecule has 0 radical (unpaired) electrons. The molecular formula is C9H7Cl2FN2O3. The van der Waals surface area contributed by atoms with Crippen molar-refractivity contribution in [3.63, 3.8) is 0 Å². The quantitative estimate of drug-likeness (QED) is 0.644. The lowest BCUT2D eigenvalue weighted by atomic mass is 10.2. The van der Waals surface area contributed by atoms with E-state index in [2.05, 4.69) is 4.84 Å². The van der Waals surface area contributed by atoms with E-state index in [1.54, 1.807) is 0 Å². The Morgan fingerprint density at radius 1 is 1.35 bits per heavy atom. The second kappa shape index (κ2) is 5.81. The number of nitrogens with two attached hydrogens (primary N) is 1. The topological polar surface area (TPSA) is 81.4 Å². The second-order valence-electron chi connectivity index (χ2n) is 2.93. The van der Waals surface area contributed by atoms with Crippen LogP contribution in [0, 0.1) is 5.82 Å². The molecule has 0 fully saturated rings. The van der Waals surface area contributed by atoms with Gasteiger partial charge in [0.1, 0.15) is 5.82 Å². The zero-order valence-electron chi connectivity index (χ0n) is 8.30. The smallest absolute Gasteiger partial charge is 0.276 e. The Kier molecular flexibility index (Phi) is 4.68. The Hall–Kier alpha value is -1.37. The Bertz CT molecular complexity index is 468. The predicted octanol–water partition coefficient (Wildman–Crippen LogP) is 1.28. The minimum atomic E-state index is -0.813. The maximum atomic E-state index is 13.1. The Morgan fingerprint density at radius 3 is 2.59 bits per heavy atom. The first kappa shape index (κ1) is 13.7. The zero-order valence-corrected chi connectivity index (χ0v) is 9.81. The molecule has 0 aromatic heterocycles. The van der Waals surface area contributed by atoms with Gasteiger partial charge < -0.3 is 5.73 Å². The molecule has 1 aromatic carbocycles. The minimum Gasteiger partial charge on any atom is -0.368 e. The number of benzene rings is 1. The van der Waals surface area contributed by atoms with Gasteiger partial charge in [0.15, 0.2) is 6.61 Å². The first-order valence-electron chi connectivity index (χ1n) is 4.26. The van der Waals surface area contributed by atoms with Crippen LogP contribution in [0.1, 0.15) is 10.4 Å². The summed E-state index contributed by atoms with van der Waals surface area (Å²) in [5, 5.41) is -0.249. The molecule has 8 heteroatoms. The summed E-state index contributed by atoms with van der Waals surface area (Å²) in [5.74, 6) is -2.37. The van der Waals surface area contributed by atoms with E-state index in [-0.39, 0.29) is 15.6 Å². The van der Waals surface area contributed by atoms with E-state index in [1.807, 2.05) is 5.48 Å². The van der Waals surface area contributed by atoms with Gasteiger partial charge in [-0.1, -0.05) is 23.2 Å². The molecule has 0 bridgehead atoms. The lowest BCUT2D eigenvalue weighted by Gasteiger charge is -2.06. The number of nitrogens with one attached hydrogen (secondary N) is 1. The van der Waals surface area contributed by atoms with E-state index in [9.17, 15) is 14.0 Å². The van der Waals surface area contributed by atoms with Crippen molar-refractivity contribution >= 4 is 35.0 Å². The van der Waals surface area contributed by atoms with Gasteiger partial charge in [-0.15, -0.1) is 0 Å². The summed E-state index contributed by atoms with van der Waals surface area (Å²) in [4.78, 5) is 26.2. The first-order valence-corrected chi connectivity index (χ1v) is 5.02. The standard InChI is InChI=1S/C9H7Cl2FN2O3/c10-5-2-6(11)7(12)1-4(5)9(16)14-17-3-8(13)15/h1-2H,3H2,(H2,13,15)(H,14,16). The number of primary amides is 1. The molecule has 0 heterocycles. The predicted molar refractivity (Wildman–Crippen MR) is 59.0 cm³/mol. The number of hydrogen-bond acceptors (Lipinski definition) is 3. The molecule has 3 N–H and O–H groups in total. The highest BCUT2D eigenvalue weighted by molar-refractivity contribution is 6.36. The fourth-order valence-corrected chi connectivity index (χ4v) is 1.39. The lowest BCUT2D eigenvalue weighted by Crippen LogP contribution is -2.29. The monoisotopic (exact) mass is 280 g/mol. The van der Waals surface area contributed by atoms with Crippen molar-refractivity contribution in [2.75, 3.05) is 6.61 Å². The molecule has 2 amide bonds. The van der Waals surface area contributed by atoms with Crippen LogP contribution in [0.15, 0.2) is 12.1 Å². The zero-order chi connectivity index (χ0) is 13.0. The van der Waals surface area contributed by atoms with Gasteiger partial charge >= 0.3 is 0 Å². The third kappa shape index (κ3) is 3.85. The molecule has 1 rings (SSSR count). The third-order valence-electron chi connectivity index (χ3n) is 1.63. The highest BCUT2D eigenvalue weighted by Crippen LogP contribution is 2.24. The van der Waals surface area contributed by atoms with Gasteiger partial charge in [0.05, 0.1) is 15.6 Å². The van der Waals surface area contributed by atoms with Crippen molar-refractivity contribution in [1.29, 1.82) is 0 Å². The van der Waals surface area contributed by atoms with E-state index < -0.39 is 24.2 Å². The first-order chi connectivity index (χ1) is 7.91. The summed E-state index contributed by atoms with van der Waals surface area (Å²) in [6, 6.07) is 1.94. The number of hydroxylamine groups is 1. The summed E-state index contributed by atoms with van der Waals surface area (Å²) in [5.41, 5.74) is 6.49. The summed E-state index contributed by atoms with van der Waals surface area (Å²) in [6.07, 6.45) is 0. The van der Waals surface area contributed by atoms with E-state index in [0.29, 0.717) is 0 Å². The van der Waals surface area contributed by atoms with Crippen LogP contribution in [-0.4, -0.2) is 18.4 Å². The molecule has 5 nitrogen and oxygen atoms in total. The maximum Gasteiger partial charge on any atom is 0.276 e. The van der Waals surface area contributed by atoms with Crippen LogP contribution in [0.2, 0.25) is 10.0 Å². The summed E-state index contributed by atoms with van der Waals surface area (Å²) >= 11 is 11.1. The average Bonchev–Trinajstić information content (AvgIpc) is 2.22. The van der Waals surface area contributed by atoms with Gasteiger partial charge in [-0.3, -0.25) is 14.4 Å². The fourth-order valence-electron chi connectivity index (χ4n) is 0.924. The van der Waals surface area contributed by atoms with Crippen molar-refractivity contribution in [1.82, 2.24) is 5.48 Å². The van der Waals surface area contributed by atoms with E-state index >= 15 is 0 Å². The van der Waals surface area contributed by atoms with Gasteiger partial charge in [-0.05, 0) is 12.1 Å². The molecule has 0 unspecified atom stereocenters. The number of amides is 2. The minimum absolute atomic E-state index is 0.0448. The van der Waals surface area contributed by atoms with Gasteiger partial charge in [0.2, 0.25) is 5.91 Å². The molecule has 17 heavy (non-hydrogen) atoms. The van der Waals surface area contributed by atoms with Crippen molar-refractivity contribution in [3.8, 4) is 0 Å². The number of carbonyl (C=O) groups excluding carboxylic acids is 2. The molecule has 0 saturated carbocycles. The average molecular weight is 281 g/mol. The number of halogens is 3. The van der Waals surface area contributed by atoms with Crippen LogP contribution in [0.3, 0.4) is 0 Å². The highest BCUT2D eigenvalue weighted by atomic mass is 35.5. The van der Waals surface area contributed by atoms with Gasteiger partial charge in [0.25, 0.3) is 5.91 Å². The molecule has 1 aromatic rings. The SMILES string of the molecule is NC(=O)CONC(=O)c1cc(F)c(Cl)cc1Cl. The Morgan fingerprint density at radius 2 is 2.00 bits per heavy atom. The second-order valence-corrected chi connectivity index (χ2v) is 3.75. The van der Waals surface area contributed by atoms with Crippen molar-refractivity contribution in [2.24, 2.45) is 5.73 Å². The van der Waals surface area contributed by atoms with Gasteiger partial charge in [-0.2, -0.15) is 0 Å². The molecule has 0 aliphatic rings. The van der Waals surface area contributed by atoms with Crippen LogP contribution < -0.4 is 11.2 Å². The maximum absolute atomic E-state index is 13.1. The number of hydrogen-bond donors (Lipinski definition) is 2. The lowest BCUT2D eigenvalue weighted by molar-refractivity contribution is -0.124. The van der Waals surface area contributed by atoms with Crippen molar-refractivity contribution < 1.29 is 18.8 Å². The summed E-state index contributed by atoms with van der Waals surface area (Å²) in [7, 11) is 0. The van der Waals surface area contributed by atoms with E-state index in [1.165, 1.54) is 0 Å². The fraction of sp³-hybridized carbons (Fsp3) is 0.111. The highest BCUT2D eigenvalue weighted by Gasteiger charge is 2.14. The van der Waals surface area contributed by atoms with E-state index in [4.69, 9.17) is 28.9 Å². The molecule has 0 aliphatic carbocycles. The molecule has 0 atom stereocenters. The van der Waals surface area contributed by atoms with Crippen LogP contribution in [0.4, 0.5) is 4.39 Å². The molecule has 92 valence electrons. The Balaban J connectivity index is 2.75.